The first-order valence-electron chi connectivity index (χ1n) is 5.87. The molecule has 17 heavy (non-hydrogen) atoms. The molecule has 0 aromatic carbocycles. The summed E-state index contributed by atoms with van der Waals surface area (Å²) in [4.78, 5) is 15.5. The van der Waals surface area contributed by atoms with Gasteiger partial charge in [0.2, 0.25) is 5.28 Å². The molecule has 1 aliphatic carbocycles. The molecule has 0 bridgehead atoms. The number of hydrogen-bond donors (Lipinski definition) is 2. The van der Waals surface area contributed by atoms with Crippen molar-refractivity contribution in [1.29, 1.82) is 0 Å². The Kier molecular flexibility index (Phi) is 2.43. The van der Waals surface area contributed by atoms with Crippen LogP contribution < -0.4 is 5.32 Å². The van der Waals surface area contributed by atoms with E-state index in [-0.39, 0.29) is 10.8 Å². The molecule has 0 radical (unpaired) electrons. The summed E-state index contributed by atoms with van der Waals surface area (Å²) in [5.41, 5.74) is 1.61. The number of imidazole rings is 1. The highest BCUT2D eigenvalue weighted by atomic mass is 35.5. The Morgan fingerprint density at radius 3 is 2.94 bits per heavy atom. The molecular weight excluding hydrogens is 238 g/mol. The van der Waals surface area contributed by atoms with Crippen molar-refractivity contribution in [2.45, 2.75) is 38.1 Å². The number of rotatable bonds is 3. The molecular formula is C11H14ClN5. The van der Waals surface area contributed by atoms with Crippen molar-refractivity contribution in [2.24, 2.45) is 0 Å². The van der Waals surface area contributed by atoms with Gasteiger partial charge in [-0.2, -0.15) is 9.97 Å². The van der Waals surface area contributed by atoms with Crippen LogP contribution in [0.3, 0.4) is 0 Å². The number of aromatic nitrogens is 4. The molecule has 2 N–H and O–H groups in total. The first-order valence-corrected chi connectivity index (χ1v) is 6.25. The number of fused-ring (bicyclic) bond motifs is 1. The lowest BCUT2D eigenvalue weighted by Gasteiger charge is -2.42. The number of nitrogens with one attached hydrogen (secondary N) is 2. The zero-order valence-electron chi connectivity index (χ0n) is 9.63. The van der Waals surface area contributed by atoms with Gasteiger partial charge in [-0.1, -0.05) is 6.92 Å². The molecule has 0 spiro atoms. The van der Waals surface area contributed by atoms with Crippen molar-refractivity contribution in [2.75, 3.05) is 5.32 Å². The summed E-state index contributed by atoms with van der Waals surface area (Å²) in [7, 11) is 0. The summed E-state index contributed by atoms with van der Waals surface area (Å²) in [6, 6.07) is 0. The topological polar surface area (TPSA) is 66.5 Å². The predicted molar refractivity (Wildman–Crippen MR) is 67.2 cm³/mol. The maximum atomic E-state index is 5.90. The van der Waals surface area contributed by atoms with Crippen LogP contribution in [0.1, 0.15) is 32.6 Å². The largest absolute Gasteiger partial charge is 0.363 e. The molecule has 1 saturated carbocycles. The van der Waals surface area contributed by atoms with Gasteiger partial charge in [0.25, 0.3) is 0 Å². The third-order valence-corrected chi connectivity index (χ3v) is 3.80. The molecule has 1 fully saturated rings. The smallest absolute Gasteiger partial charge is 0.226 e. The molecule has 90 valence electrons. The maximum absolute atomic E-state index is 5.90. The van der Waals surface area contributed by atoms with Crippen LogP contribution in [-0.4, -0.2) is 25.5 Å². The Balaban J connectivity index is 2.01. The van der Waals surface area contributed by atoms with Crippen LogP contribution >= 0.6 is 11.6 Å². The molecule has 0 amide bonds. The van der Waals surface area contributed by atoms with Crippen molar-refractivity contribution in [3.8, 4) is 0 Å². The maximum Gasteiger partial charge on any atom is 0.226 e. The number of anilines is 1. The van der Waals surface area contributed by atoms with Gasteiger partial charge in [-0.3, -0.25) is 0 Å². The van der Waals surface area contributed by atoms with Crippen LogP contribution in [0, 0.1) is 0 Å². The van der Waals surface area contributed by atoms with Gasteiger partial charge < -0.3 is 10.3 Å². The molecule has 2 aromatic rings. The molecule has 0 saturated heterocycles. The van der Waals surface area contributed by atoms with Crippen LogP contribution in [0.5, 0.6) is 0 Å². The fraction of sp³-hybridized carbons (Fsp3) is 0.545. The Bertz CT molecular complexity index is 540. The predicted octanol–water partition coefficient (Wildman–Crippen LogP) is 2.75. The fourth-order valence-corrected chi connectivity index (χ4v) is 2.48. The highest BCUT2D eigenvalue weighted by Crippen LogP contribution is 2.38. The summed E-state index contributed by atoms with van der Waals surface area (Å²) in [6.45, 7) is 2.19. The third-order valence-electron chi connectivity index (χ3n) is 3.63. The standard InChI is InChI=1S/C11H14ClN5/c1-2-11(4-3-5-11)17-9-7-8(14-6-13-7)15-10(12)16-9/h6H,2-5H2,1H3,(H2,13,14,15,16,17). The summed E-state index contributed by atoms with van der Waals surface area (Å²) < 4.78 is 0. The van der Waals surface area contributed by atoms with Crippen molar-refractivity contribution in [1.82, 2.24) is 19.9 Å². The molecule has 1 aliphatic rings. The van der Waals surface area contributed by atoms with E-state index < -0.39 is 0 Å². The van der Waals surface area contributed by atoms with Crippen LogP contribution in [-0.2, 0) is 0 Å². The lowest BCUT2D eigenvalue weighted by molar-refractivity contribution is 0.269. The van der Waals surface area contributed by atoms with E-state index in [0.717, 1.165) is 17.8 Å². The number of nitrogens with zero attached hydrogens (tertiary/aromatic N) is 3. The molecule has 0 atom stereocenters. The van der Waals surface area contributed by atoms with E-state index >= 15 is 0 Å². The Labute approximate surface area is 104 Å². The van der Waals surface area contributed by atoms with Gasteiger partial charge in [0, 0.05) is 5.54 Å². The second-order valence-corrected chi connectivity index (χ2v) is 4.89. The lowest BCUT2D eigenvalue weighted by Crippen LogP contribution is -2.44. The fourth-order valence-electron chi connectivity index (χ4n) is 2.32. The van der Waals surface area contributed by atoms with Crippen molar-refractivity contribution in [3.05, 3.63) is 11.6 Å². The van der Waals surface area contributed by atoms with Gasteiger partial charge in [-0.05, 0) is 37.3 Å². The SMILES string of the molecule is CCC1(Nc2nc(Cl)nc3nc[nH]c23)CCC1. The summed E-state index contributed by atoms with van der Waals surface area (Å²) in [5.74, 6) is 0.763. The number of hydrogen-bond acceptors (Lipinski definition) is 4. The summed E-state index contributed by atoms with van der Waals surface area (Å²) >= 11 is 5.90. The lowest BCUT2D eigenvalue weighted by atomic mass is 9.75. The average molecular weight is 252 g/mol. The second-order valence-electron chi connectivity index (χ2n) is 4.55. The minimum absolute atomic E-state index is 0.176. The van der Waals surface area contributed by atoms with E-state index in [2.05, 4.69) is 32.2 Å². The Hall–Kier alpha value is -1.36. The molecule has 6 heteroatoms. The molecule has 0 unspecified atom stereocenters. The Morgan fingerprint density at radius 2 is 2.29 bits per heavy atom. The van der Waals surface area contributed by atoms with Crippen molar-refractivity contribution >= 4 is 28.6 Å². The third kappa shape index (κ3) is 1.74. The van der Waals surface area contributed by atoms with Crippen molar-refractivity contribution in [3.63, 3.8) is 0 Å². The van der Waals surface area contributed by atoms with Crippen LogP contribution in [0.4, 0.5) is 5.82 Å². The van der Waals surface area contributed by atoms with E-state index in [1.54, 1.807) is 6.33 Å². The minimum atomic E-state index is 0.176. The van der Waals surface area contributed by atoms with E-state index in [0.29, 0.717) is 5.65 Å². The van der Waals surface area contributed by atoms with E-state index in [1.165, 1.54) is 19.3 Å². The van der Waals surface area contributed by atoms with Gasteiger partial charge in [0.15, 0.2) is 11.5 Å². The van der Waals surface area contributed by atoms with Crippen LogP contribution in [0.15, 0.2) is 6.33 Å². The van der Waals surface area contributed by atoms with Gasteiger partial charge >= 0.3 is 0 Å². The van der Waals surface area contributed by atoms with E-state index in [4.69, 9.17) is 11.6 Å². The Morgan fingerprint density at radius 1 is 1.47 bits per heavy atom. The summed E-state index contributed by atoms with van der Waals surface area (Å²) in [5, 5.41) is 3.74. The van der Waals surface area contributed by atoms with Gasteiger partial charge in [-0.25, -0.2) is 4.98 Å². The first kappa shape index (κ1) is 10.8. The highest BCUT2D eigenvalue weighted by Gasteiger charge is 2.35. The van der Waals surface area contributed by atoms with Gasteiger partial charge in [-0.15, -0.1) is 0 Å². The second kappa shape index (κ2) is 3.84. The molecule has 2 heterocycles. The average Bonchev–Trinajstić information content (AvgIpc) is 2.71. The zero-order chi connectivity index (χ0) is 11.9. The number of H-pyrrole nitrogens is 1. The molecule has 0 aliphatic heterocycles. The zero-order valence-corrected chi connectivity index (χ0v) is 10.4. The first-order chi connectivity index (χ1) is 8.22. The van der Waals surface area contributed by atoms with E-state index in [1.807, 2.05) is 0 Å². The minimum Gasteiger partial charge on any atom is -0.363 e. The molecule has 3 rings (SSSR count). The molecule has 2 aromatic heterocycles. The van der Waals surface area contributed by atoms with E-state index in [9.17, 15) is 0 Å². The number of aromatic amines is 1. The van der Waals surface area contributed by atoms with Crippen LogP contribution in [0.25, 0.3) is 11.2 Å². The van der Waals surface area contributed by atoms with Gasteiger partial charge in [0.05, 0.1) is 6.33 Å². The highest BCUT2D eigenvalue weighted by molar-refractivity contribution is 6.28. The normalized spacial score (nSPS) is 18.0. The monoisotopic (exact) mass is 251 g/mol. The van der Waals surface area contributed by atoms with Crippen LogP contribution in [0.2, 0.25) is 5.28 Å². The quantitative estimate of drug-likeness (QED) is 0.824. The summed E-state index contributed by atoms with van der Waals surface area (Å²) in [6.07, 6.45) is 6.33. The van der Waals surface area contributed by atoms with Gasteiger partial charge in [0.1, 0.15) is 5.52 Å². The number of halogens is 1. The molecule has 5 nitrogen and oxygen atoms in total. The van der Waals surface area contributed by atoms with Crippen molar-refractivity contribution < 1.29 is 0 Å².